The minimum absolute atomic E-state index is 0.0843. The van der Waals surface area contributed by atoms with Gasteiger partial charge in [0.05, 0.1) is 26.8 Å². The van der Waals surface area contributed by atoms with E-state index in [2.05, 4.69) is 15.3 Å². The van der Waals surface area contributed by atoms with Crippen LogP contribution < -0.4 is 11.1 Å². The number of aromatic nitrogens is 3. The molecule has 0 aliphatic heterocycles. The molecule has 202 valence electrons. The number of amides is 1. The zero-order valence-corrected chi connectivity index (χ0v) is 22.1. The molecule has 38 heavy (non-hydrogen) atoms. The van der Waals surface area contributed by atoms with Gasteiger partial charge in [-0.25, -0.2) is 9.97 Å². The topological polar surface area (TPSA) is 106 Å². The number of anilines is 2. The third-order valence-electron chi connectivity index (χ3n) is 6.37. The molecule has 0 unspecified atom stereocenters. The molecule has 2 heterocycles. The van der Waals surface area contributed by atoms with Crippen LogP contribution in [0.15, 0.2) is 36.4 Å². The minimum Gasteiger partial charge on any atom is -0.349 e. The highest BCUT2D eigenvalue weighted by Crippen LogP contribution is 2.35. The zero-order chi connectivity index (χ0) is 27.6. The molecule has 0 bridgehead atoms. The molecule has 0 aliphatic rings. The molecule has 0 spiro atoms. The molecule has 4 rings (SSSR count). The van der Waals surface area contributed by atoms with Gasteiger partial charge in [-0.2, -0.15) is 13.2 Å². The lowest BCUT2D eigenvalue weighted by atomic mass is 9.92. The molecular formula is C26H29F3N6O2S. The number of rotatable bonds is 10. The molecule has 2 aromatic heterocycles. The summed E-state index contributed by atoms with van der Waals surface area (Å²) in [4.78, 5) is 36.2. The number of imidazole rings is 1. The minimum atomic E-state index is -4.43. The van der Waals surface area contributed by atoms with Gasteiger partial charge in [0.15, 0.2) is 10.9 Å². The molecule has 0 radical (unpaired) electrons. The predicted molar refractivity (Wildman–Crippen MR) is 143 cm³/mol. The number of fused-ring (bicyclic) bond motifs is 2. The van der Waals surface area contributed by atoms with Gasteiger partial charge < -0.3 is 20.5 Å². The smallest absolute Gasteiger partial charge is 0.349 e. The van der Waals surface area contributed by atoms with Gasteiger partial charge in [0, 0.05) is 39.0 Å². The van der Waals surface area contributed by atoms with Crippen LogP contribution in [-0.2, 0) is 18.0 Å². The second-order valence-corrected chi connectivity index (χ2v) is 10.4. The normalized spacial score (nSPS) is 12.7. The quantitative estimate of drug-likeness (QED) is 0.205. The first kappa shape index (κ1) is 27.5. The van der Waals surface area contributed by atoms with Crippen molar-refractivity contribution < 1.29 is 22.8 Å². The van der Waals surface area contributed by atoms with E-state index >= 15 is 0 Å². The molecule has 0 saturated heterocycles. The number of aryl methyl sites for hydroxylation is 1. The second-order valence-electron chi connectivity index (χ2n) is 9.36. The molecule has 1 amide bonds. The number of hydrogen-bond acceptors (Lipinski definition) is 7. The van der Waals surface area contributed by atoms with Gasteiger partial charge in [0.1, 0.15) is 0 Å². The van der Waals surface area contributed by atoms with E-state index < -0.39 is 17.7 Å². The van der Waals surface area contributed by atoms with E-state index in [0.717, 1.165) is 41.8 Å². The molecular weight excluding hydrogens is 517 g/mol. The molecule has 0 fully saturated rings. The number of nitrogens with zero attached hydrogens (tertiary/aromatic N) is 4. The van der Waals surface area contributed by atoms with Crippen LogP contribution in [0.5, 0.6) is 0 Å². The fourth-order valence-electron chi connectivity index (χ4n) is 4.29. The van der Waals surface area contributed by atoms with Crippen LogP contribution >= 0.6 is 11.3 Å². The van der Waals surface area contributed by atoms with Crippen molar-refractivity contribution in [2.24, 2.45) is 18.7 Å². The first-order valence-electron chi connectivity index (χ1n) is 12.1. The number of hydrogen-bond donors (Lipinski definition) is 2. The second kappa shape index (κ2) is 11.1. The molecule has 12 heteroatoms. The Labute approximate surface area is 221 Å². The van der Waals surface area contributed by atoms with Crippen molar-refractivity contribution in [2.45, 2.75) is 31.9 Å². The standard InChI is InChI=1S/C26H29F3N6O2S/c1-34(2)23(37)16(6-4-5-11-30)13-21(36)15-7-10-20-19(12-15)31-24(35(20)3)33-25-32-18-9-8-17(26(27,28)29)14-22(18)38-25/h7-10,12,14,16H,4-6,11,13,30H2,1-3H3,(H,31,32,33)/t16-/m1/s1. The monoisotopic (exact) mass is 546 g/mol. The van der Waals surface area contributed by atoms with Crippen molar-refractivity contribution in [3.63, 3.8) is 0 Å². The maximum absolute atomic E-state index is 13.1. The highest BCUT2D eigenvalue weighted by molar-refractivity contribution is 7.22. The Kier molecular flexibility index (Phi) is 8.02. The number of Topliss-reactive ketones (excluding diaryl/α,β-unsaturated/α-hetero) is 1. The van der Waals surface area contributed by atoms with Crippen molar-refractivity contribution >= 4 is 55.4 Å². The number of nitrogens with two attached hydrogens (primary N) is 1. The predicted octanol–water partition coefficient (Wildman–Crippen LogP) is 5.35. The van der Waals surface area contributed by atoms with Gasteiger partial charge in [-0.1, -0.05) is 17.8 Å². The molecule has 2 aromatic carbocycles. The van der Waals surface area contributed by atoms with Gasteiger partial charge >= 0.3 is 6.18 Å². The number of alkyl halides is 3. The zero-order valence-electron chi connectivity index (χ0n) is 21.3. The van der Waals surface area contributed by atoms with E-state index in [4.69, 9.17) is 5.73 Å². The number of ketones is 1. The van der Waals surface area contributed by atoms with E-state index in [1.807, 2.05) is 0 Å². The number of unbranched alkanes of at least 4 members (excludes halogenated alkanes) is 1. The van der Waals surface area contributed by atoms with Crippen molar-refractivity contribution in [1.82, 2.24) is 19.4 Å². The van der Waals surface area contributed by atoms with Crippen LogP contribution in [0.1, 0.15) is 41.6 Å². The van der Waals surface area contributed by atoms with Crippen LogP contribution in [0.4, 0.5) is 24.3 Å². The average Bonchev–Trinajstić information content (AvgIpc) is 3.41. The van der Waals surface area contributed by atoms with E-state index in [1.165, 1.54) is 11.0 Å². The molecule has 4 aromatic rings. The van der Waals surface area contributed by atoms with Gasteiger partial charge in [0.2, 0.25) is 11.9 Å². The summed E-state index contributed by atoms with van der Waals surface area (Å²) >= 11 is 1.10. The maximum atomic E-state index is 13.1. The highest BCUT2D eigenvalue weighted by atomic mass is 32.1. The number of benzene rings is 2. The molecule has 0 saturated carbocycles. The number of thiazole rings is 1. The van der Waals surface area contributed by atoms with Crippen LogP contribution in [0, 0.1) is 5.92 Å². The Bertz CT molecular complexity index is 1480. The SMILES string of the molecule is CN(C)C(=O)[C@H](CCCCN)CC(=O)c1ccc2c(c1)nc(Nc1nc3ccc(C(F)(F)F)cc3s1)n2C. The van der Waals surface area contributed by atoms with Crippen molar-refractivity contribution in [3.05, 3.63) is 47.5 Å². The lowest BCUT2D eigenvalue weighted by Crippen LogP contribution is -2.31. The molecule has 1 atom stereocenters. The third-order valence-corrected chi connectivity index (χ3v) is 7.30. The average molecular weight is 547 g/mol. The van der Waals surface area contributed by atoms with E-state index in [9.17, 15) is 22.8 Å². The number of nitrogens with one attached hydrogen (secondary N) is 1. The van der Waals surface area contributed by atoms with Gasteiger partial charge in [-0.05, 0) is 55.8 Å². The van der Waals surface area contributed by atoms with E-state index in [-0.39, 0.29) is 18.1 Å². The Balaban J connectivity index is 1.55. The van der Waals surface area contributed by atoms with Crippen LogP contribution in [-0.4, -0.2) is 51.8 Å². The summed E-state index contributed by atoms with van der Waals surface area (Å²) in [5.74, 6) is -0.217. The Morgan fingerprint density at radius 3 is 2.55 bits per heavy atom. The fourth-order valence-corrected chi connectivity index (χ4v) is 5.19. The summed E-state index contributed by atoms with van der Waals surface area (Å²) in [5, 5.41) is 3.48. The van der Waals surface area contributed by atoms with Crippen molar-refractivity contribution in [3.8, 4) is 0 Å². The lowest BCUT2D eigenvalue weighted by molar-refractivity contribution is -0.137. The molecule has 8 nitrogen and oxygen atoms in total. The number of carbonyl (C=O) groups excluding carboxylic acids is 2. The highest BCUT2D eigenvalue weighted by Gasteiger charge is 2.31. The lowest BCUT2D eigenvalue weighted by Gasteiger charge is -2.20. The van der Waals surface area contributed by atoms with Gasteiger partial charge in [-0.15, -0.1) is 0 Å². The van der Waals surface area contributed by atoms with Gasteiger partial charge in [-0.3, -0.25) is 9.59 Å². The number of halogens is 3. The Hall–Kier alpha value is -3.51. The molecule has 3 N–H and O–H groups in total. The summed E-state index contributed by atoms with van der Waals surface area (Å²) in [6, 6.07) is 8.62. The summed E-state index contributed by atoms with van der Waals surface area (Å²) in [6.45, 7) is 0.537. The summed E-state index contributed by atoms with van der Waals surface area (Å²) < 4.78 is 41.3. The van der Waals surface area contributed by atoms with Crippen molar-refractivity contribution in [2.75, 3.05) is 26.0 Å². The summed E-state index contributed by atoms with van der Waals surface area (Å²) in [7, 11) is 5.15. The maximum Gasteiger partial charge on any atom is 0.416 e. The van der Waals surface area contributed by atoms with Crippen LogP contribution in [0.3, 0.4) is 0 Å². The van der Waals surface area contributed by atoms with Crippen LogP contribution in [0.25, 0.3) is 21.3 Å². The Morgan fingerprint density at radius 2 is 1.87 bits per heavy atom. The van der Waals surface area contributed by atoms with E-state index in [1.54, 1.807) is 43.9 Å². The number of carbonyl (C=O) groups is 2. The van der Waals surface area contributed by atoms with Crippen molar-refractivity contribution in [1.29, 1.82) is 0 Å². The first-order chi connectivity index (χ1) is 18.0. The molecule has 0 aliphatic carbocycles. The Morgan fingerprint density at radius 1 is 1.11 bits per heavy atom. The van der Waals surface area contributed by atoms with Gasteiger partial charge in [0.25, 0.3) is 0 Å². The summed E-state index contributed by atoms with van der Waals surface area (Å²) in [6.07, 6.45) is -2.18. The largest absolute Gasteiger partial charge is 0.416 e. The fraction of sp³-hybridized carbons (Fsp3) is 0.385. The van der Waals surface area contributed by atoms with Crippen LogP contribution in [0.2, 0.25) is 0 Å². The van der Waals surface area contributed by atoms with E-state index in [0.29, 0.717) is 45.3 Å². The third kappa shape index (κ3) is 5.97. The first-order valence-corrected chi connectivity index (χ1v) is 12.9. The summed E-state index contributed by atoms with van der Waals surface area (Å²) in [5.41, 5.74) is 7.08.